The first-order valence-electron chi connectivity index (χ1n) is 27.1. The molecule has 0 fully saturated rings. The highest BCUT2D eigenvalue weighted by Crippen LogP contribution is 2.52. The summed E-state index contributed by atoms with van der Waals surface area (Å²) in [5.74, 6) is 0. The third-order valence-corrected chi connectivity index (χ3v) is 17.7. The average molecular weight is 1020 g/mol. The molecule has 374 valence electrons. The van der Waals surface area contributed by atoms with Gasteiger partial charge in [-0.1, -0.05) is 169 Å². The fourth-order valence-electron chi connectivity index (χ4n) is 12.8. The largest absolute Gasteiger partial charge is 0.454 e. The minimum Gasteiger partial charge on any atom is -0.454 e. The van der Waals surface area contributed by atoms with E-state index in [0.29, 0.717) is 0 Å². The summed E-state index contributed by atoms with van der Waals surface area (Å²) >= 11 is 1.87. The molecule has 5 nitrogen and oxygen atoms in total. The molecule has 0 radical (unpaired) electrons. The first-order valence-corrected chi connectivity index (χ1v) is 27.9. The lowest BCUT2D eigenvalue weighted by molar-refractivity contribution is 0.590. The van der Waals surface area contributed by atoms with E-state index >= 15 is 0 Å². The summed E-state index contributed by atoms with van der Waals surface area (Å²) in [6, 6.07) is 78.2. The van der Waals surface area contributed by atoms with Crippen molar-refractivity contribution in [3.63, 3.8) is 0 Å². The lowest BCUT2D eigenvalue weighted by Crippen LogP contribution is -2.14. The monoisotopic (exact) mass is 1020 g/mol. The summed E-state index contributed by atoms with van der Waals surface area (Å²) in [4.78, 5) is 4.84. The van der Waals surface area contributed by atoms with E-state index in [-0.39, 0.29) is 10.8 Å². The molecule has 0 bridgehead atoms. The molecule has 16 rings (SSSR count). The Morgan fingerprint density at radius 2 is 0.885 bits per heavy atom. The molecule has 0 spiro atoms. The van der Waals surface area contributed by atoms with Gasteiger partial charge in [0.15, 0.2) is 11.2 Å². The van der Waals surface area contributed by atoms with Crippen LogP contribution in [0, 0.1) is 0 Å². The molecular weight excluding hydrogens is 971 g/mol. The van der Waals surface area contributed by atoms with Gasteiger partial charge in [0.2, 0.25) is 0 Å². The van der Waals surface area contributed by atoms with Gasteiger partial charge in [0.25, 0.3) is 0 Å². The Morgan fingerprint density at radius 3 is 1.55 bits per heavy atom. The second-order valence-corrected chi connectivity index (χ2v) is 24.4. The number of nitrogens with zero attached hydrogens (tertiary/aromatic N) is 3. The molecular formula is C72H53N3O2S. The Morgan fingerprint density at radius 1 is 0.359 bits per heavy atom. The maximum absolute atomic E-state index is 6.85. The number of furan rings is 2. The highest BCUT2D eigenvalue weighted by Gasteiger charge is 2.29. The van der Waals surface area contributed by atoms with E-state index in [2.05, 4.69) is 262 Å². The SMILES string of the molecule is CC(C)(C)c1cccc(N(c2ccc3c(c2)sc2cc4ccc5c6ccc(N(c7cccc(C(C)(C)C)c7)c7cccc8c7oc7ccccc78)c7c8ccccc8n(c5c4cc23)c67)c2cccc3c2oc2ccccc23)c1. The number of aromatic nitrogens is 1. The van der Waals surface area contributed by atoms with E-state index in [1.165, 1.54) is 80.2 Å². The van der Waals surface area contributed by atoms with Crippen molar-refractivity contribution in [1.82, 2.24) is 4.40 Å². The van der Waals surface area contributed by atoms with Crippen LogP contribution in [0.15, 0.2) is 221 Å². The zero-order valence-corrected chi connectivity index (χ0v) is 45.1. The third-order valence-electron chi connectivity index (χ3n) is 16.6. The van der Waals surface area contributed by atoms with Crippen LogP contribution in [0.3, 0.4) is 0 Å². The zero-order chi connectivity index (χ0) is 52.3. The van der Waals surface area contributed by atoms with Crippen molar-refractivity contribution >= 4 is 158 Å². The van der Waals surface area contributed by atoms with Crippen LogP contribution in [0.5, 0.6) is 0 Å². The Balaban J connectivity index is 0.919. The van der Waals surface area contributed by atoms with Crippen LogP contribution in [0.25, 0.3) is 113 Å². The van der Waals surface area contributed by atoms with Gasteiger partial charge in [-0.3, -0.25) is 0 Å². The van der Waals surface area contributed by atoms with Gasteiger partial charge in [-0.15, -0.1) is 11.3 Å². The fourth-order valence-corrected chi connectivity index (χ4v) is 13.9. The van der Waals surface area contributed by atoms with Crippen LogP contribution in [0.2, 0.25) is 0 Å². The zero-order valence-electron chi connectivity index (χ0n) is 44.3. The first-order chi connectivity index (χ1) is 37.9. The van der Waals surface area contributed by atoms with Crippen molar-refractivity contribution in [2.24, 2.45) is 0 Å². The normalized spacial score (nSPS) is 12.7. The molecule has 78 heavy (non-hydrogen) atoms. The number of hydrogen-bond acceptors (Lipinski definition) is 5. The number of fused-ring (bicyclic) bond motifs is 17. The second kappa shape index (κ2) is 16.2. The van der Waals surface area contributed by atoms with Crippen molar-refractivity contribution < 1.29 is 8.83 Å². The van der Waals surface area contributed by atoms with Gasteiger partial charge < -0.3 is 23.0 Å². The Kier molecular flexibility index (Phi) is 9.38. The standard InChI is InChI=1S/C72H53N3O2S/c1-71(2,3)43-17-13-19-45(38-43)73(60-27-15-24-53-48-21-8-11-29-62(48)76-69(53)60)47-32-34-50-57-41-56-42(37-64(57)78-65(50)40-47)31-33-51-52-35-36-59(66-55-23-7-10-26-58(55)75(67(51)56)68(52)66)74(46-20-14-18-44(39-46)72(4,5)6)61-28-16-25-54-49-22-9-12-30-63(49)77-70(54)61/h7-41H,1-6H3. The van der Waals surface area contributed by atoms with Crippen LogP contribution in [-0.4, -0.2) is 4.40 Å². The maximum atomic E-state index is 6.85. The molecule has 0 saturated carbocycles. The van der Waals surface area contributed by atoms with Gasteiger partial charge in [-0.25, -0.2) is 0 Å². The summed E-state index contributed by atoms with van der Waals surface area (Å²) in [5, 5.41) is 14.3. The highest BCUT2D eigenvalue weighted by atomic mass is 32.1. The van der Waals surface area contributed by atoms with Crippen LogP contribution in [0.1, 0.15) is 52.7 Å². The fraction of sp³-hybridized carbons (Fsp3) is 0.111. The Labute approximate surface area is 454 Å². The third kappa shape index (κ3) is 6.53. The van der Waals surface area contributed by atoms with E-state index in [1.807, 2.05) is 17.4 Å². The summed E-state index contributed by atoms with van der Waals surface area (Å²) < 4.78 is 18.7. The molecule has 0 unspecified atom stereocenters. The number of para-hydroxylation sites is 5. The highest BCUT2D eigenvalue weighted by molar-refractivity contribution is 7.26. The lowest BCUT2D eigenvalue weighted by Gasteiger charge is -2.28. The van der Waals surface area contributed by atoms with Gasteiger partial charge in [-0.05, 0) is 112 Å². The summed E-state index contributed by atoms with van der Waals surface area (Å²) in [6.45, 7) is 13.7. The number of thiophene rings is 1. The van der Waals surface area contributed by atoms with Gasteiger partial charge in [-0.2, -0.15) is 0 Å². The maximum Gasteiger partial charge on any atom is 0.159 e. The van der Waals surface area contributed by atoms with E-state index in [9.17, 15) is 0 Å². The molecule has 0 aliphatic carbocycles. The van der Waals surface area contributed by atoms with Gasteiger partial charge >= 0.3 is 0 Å². The van der Waals surface area contributed by atoms with Crippen molar-refractivity contribution in [3.8, 4) is 0 Å². The summed E-state index contributed by atoms with van der Waals surface area (Å²) in [7, 11) is 0. The second-order valence-electron chi connectivity index (χ2n) is 23.3. The van der Waals surface area contributed by atoms with Gasteiger partial charge in [0, 0.05) is 85.7 Å². The molecule has 0 aliphatic rings. The van der Waals surface area contributed by atoms with Crippen molar-refractivity contribution in [2.75, 3.05) is 9.80 Å². The molecule has 5 aromatic heterocycles. The number of hydrogen-bond donors (Lipinski definition) is 0. The molecule has 16 aromatic rings. The molecule has 0 N–H and O–H groups in total. The van der Waals surface area contributed by atoms with Crippen LogP contribution < -0.4 is 9.80 Å². The molecule has 5 heterocycles. The van der Waals surface area contributed by atoms with Crippen molar-refractivity contribution in [1.29, 1.82) is 0 Å². The van der Waals surface area contributed by atoms with Crippen molar-refractivity contribution in [2.45, 2.75) is 52.4 Å². The van der Waals surface area contributed by atoms with Crippen LogP contribution in [0.4, 0.5) is 34.1 Å². The predicted octanol–water partition coefficient (Wildman–Crippen LogP) is 21.7. The smallest absolute Gasteiger partial charge is 0.159 e. The average Bonchev–Trinajstić information content (AvgIpc) is 3.43. The molecule has 6 heteroatoms. The molecule has 0 saturated heterocycles. The molecule has 0 atom stereocenters. The molecule has 0 amide bonds. The van der Waals surface area contributed by atoms with Crippen LogP contribution in [-0.2, 0) is 10.8 Å². The predicted molar refractivity (Wildman–Crippen MR) is 333 cm³/mol. The molecule has 11 aromatic carbocycles. The van der Waals surface area contributed by atoms with Gasteiger partial charge in [0.05, 0.1) is 33.6 Å². The Bertz CT molecular complexity index is 5150. The summed E-state index contributed by atoms with van der Waals surface area (Å²) in [5.41, 5.74) is 16.0. The minimum atomic E-state index is -0.0558. The van der Waals surface area contributed by atoms with Crippen LogP contribution >= 0.6 is 11.3 Å². The number of anilines is 6. The van der Waals surface area contributed by atoms with E-state index < -0.39 is 0 Å². The van der Waals surface area contributed by atoms with E-state index in [1.54, 1.807) is 0 Å². The van der Waals surface area contributed by atoms with E-state index in [4.69, 9.17) is 8.83 Å². The minimum absolute atomic E-state index is 0.0303. The number of rotatable bonds is 6. The Hall–Kier alpha value is -9.10. The molecule has 0 aliphatic heterocycles. The van der Waals surface area contributed by atoms with Crippen molar-refractivity contribution in [3.05, 3.63) is 223 Å². The van der Waals surface area contributed by atoms with Gasteiger partial charge in [0.1, 0.15) is 11.2 Å². The summed E-state index contributed by atoms with van der Waals surface area (Å²) in [6.07, 6.45) is 0. The topological polar surface area (TPSA) is 37.2 Å². The lowest BCUT2D eigenvalue weighted by atomic mass is 9.86. The number of benzene rings is 11. The first kappa shape index (κ1) is 45.1. The van der Waals surface area contributed by atoms with E-state index in [0.717, 1.165) is 78.0 Å². The quantitative estimate of drug-likeness (QED) is 0.166.